The summed E-state index contributed by atoms with van der Waals surface area (Å²) in [5.74, 6) is -0.656. The summed E-state index contributed by atoms with van der Waals surface area (Å²) in [7, 11) is 0. The topological polar surface area (TPSA) is 76.5 Å². The highest BCUT2D eigenvalue weighted by atomic mass is 19.1. The summed E-state index contributed by atoms with van der Waals surface area (Å²) in [6.45, 7) is 0. The first kappa shape index (κ1) is 12.3. The first-order valence-corrected chi connectivity index (χ1v) is 5.23. The SMILES string of the molecule is O=[N+]([O-])c1ccc(C(O)Cc2ccc(F)cc2)o1. The number of aliphatic hydroxyl groups excluding tert-OH is 1. The summed E-state index contributed by atoms with van der Waals surface area (Å²) in [6.07, 6.45) is -0.797. The van der Waals surface area contributed by atoms with Gasteiger partial charge in [0.2, 0.25) is 0 Å². The van der Waals surface area contributed by atoms with Gasteiger partial charge < -0.3 is 9.52 Å². The third-order valence-electron chi connectivity index (χ3n) is 2.46. The van der Waals surface area contributed by atoms with Crippen LogP contribution in [-0.2, 0) is 6.42 Å². The lowest BCUT2D eigenvalue weighted by molar-refractivity contribution is -0.402. The van der Waals surface area contributed by atoms with Crippen molar-refractivity contribution in [2.45, 2.75) is 12.5 Å². The third-order valence-corrected chi connectivity index (χ3v) is 2.46. The van der Waals surface area contributed by atoms with Crippen molar-refractivity contribution in [1.82, 2.24) is 0 Å². The third kappa shape index (κ3) is 2.72. The molecule has 6 heteroatoms. The maximum absolute atomic E-state index is 12.7. The Morgan fingerprint density at radius 1 is 1.28 bits per heavy atom. The van der Waals surface area contributed by atoms with Gasteiger partial charge in [0, 0.05) is 6.42 Å². The summed E-state index contributed by atoms with van der Waals surface area (Å²) < 4.78 is 17.6. The minimum atomic E-state index is -0.996. The van der Waals surface area contributed by atoms with E-state index in [1.165, 1.54) is 36.4 Å². The van der Waals surface area contributed by atoms with Gasteiger partial charge in [-0.3, -0.25) is 10.1 Å². The number of aliphatic hydroxyl groups is 1. The van der Waals surface area contributed by atoms with Crippen molar-refractivity contribution in [3.8, 4) is 0 Å². The predicted octanol–water partition coefficient (Wildman–Crippen LogP) is 2.60. The van der Waals surface area contributed by atoms with Crippen LogP contribution in [0.15, 0.2) is 40.8 Å². The molecule has 0 saturated heterocycles. The Kier molecular flexibility index (Phi) is 3.38. The molecule has 0 saturated carbocycles. The molecular formula is C12H10FNO4. The van der Waals surface area contributed by atoms with Crippen LogP contribution in [-0.4, -0.2) is 10.0 Å². The fraction of sp³-hybridized carbons (Fsp3) is 0.167. The summed E-state index contributed by atoms with van der Waals surface area (Å²) in [5.41, 5.74) is 0.711. The molecule has 1 unspecified atom stereocenters. The molecule has 18 heavy (non-hydrogen) atoms. The highest BCUT2D eigenvalue weighted by Gasteiger charge is 2.18. The molecule has 0 bridgehead atoms. The van der Waals surface area contributed by atoms with Crippen molar-refractivity contribution < 1.29 is 18.8 Å². The molecule has 0 aliphatic heterocycles. The summed E-state index contributed by atoms with van der Waals surface area (Å²) >= 11 is 0. The zero-order chi connectivity index (χ0) is 13.1. The van der Waals surface area contributed by atoms with E-state index in [2.05, 4.69) is 0 Å². The molecule has 0 radical (unpaired) electrons. The van der Waals surface area contributed by atoms with Gasteiger partial charge in [-0.1, -0.05) is 12.1 Å². The zero-order valence-corrected chi connectivity index (χ0v) is 9.25. The minimum absolute atomic E-state index is 0.117. The van der Waals surface area contributed by atoms with E-state index >= 15 is 0 Å². The number of furan rings is 1. The normalized spacial score (nSPS) is 12.3. The van der Waals surface area contributed by atoms with Crippen LogP contribution in [0.4, 0.5) is 10.3 Å². The Labute approximate surface area is 102 Å². The average molecular weight is 251 g/mol. The Bertz CT molecular complexity index is 549. The van der Waals surface area contributed by atoms with Gasteiger partial charge in [-0.05, 0) is 23.8 Å². The van der Waals surface area contributed by atoms with E-state index in [0.29, 0.717) is 5.56 Å². The van der Waals surface area contributed by atoms with Crippen molar-refractivity contribution in [3.05, 3.63) is 63.7 Å². The molecule has 2 aromatic rings. The van der Waals surface area contributed by atoms with Gasteiger partial charge in [0.15, 0.2) is 0 Å². The molecule has 1 atom stereocenters. The van der Waals surface area contributed by atoms with E-state index in [1.54, 1.807) is 0 Å². The summed E-state index contributed by atoms with van der Waals surface area (Å²) in [4.78, 5) is 9.75. The Hall–Kier alpha value is -2.21. The van der Waals surface area contributed by atoms with Crippen molar-refractivity contribution in [3.63, 3.8) is 0 Å². The van der Waals surface area contributed by atoms with Gasteiger partial charge in [-0.25, -0.2) is 4.39 Å². The summed E-state index contributed by atoms with van der Waals surface area (Å²) in [5, 5.41) is 20.2. The van der Waals surface area contributed by atoms with Gasteiger partial charge in [0.05, 0.1) is 6.07 Å². The van der Waals surface area contributed by atoms with Gasteiger partial charge in [0.25, 0.3) is 0 Å². The van der Waals surface area contributed by atoms with E-state index in [9.17, 15) is 19.6 Å². The van der Waals surface area contributed by atoms with E-state index in [1.807, 2.05) is 0 Å². The first-order chi connectivity index (χ1) is 8.56. The van der Waals surface area contributed by atoms with Crippen LogP contribution in [0.5, 0.6) is 0 Å². The second-order valence-electron chi connectivity index (χ2n) is 3.78. The molecule has 2 rings (SSSR count). The lowest BCUT2D eigenvalue weighted by Crippen LogP contribution is -2.00. The van der Waals surface area contributed by atoms with Crippen LogP contribution < -0.4 is 0 Å². The monoisotopic (exact) mass is 251 g/mol. The van der Waals surface area contributed by atoms with Crippen LogP contribution in [0.3, 0.4) is 0 Å². The van der Waals surface area contributed by atoms with E-state index in [-0.39, 0.29) is 18.0 Å². The number of nitro groups is 1. The standard InChI is InChI=1S/C12H10FNO4/c13-9-3-1-8(2-4-9)7-10(15)11-5-6-12(18-11)14(16)17/h1-6,10,15H,7H2. The van der Waals surface area contributed by atoms with Crippen LogP contribution in [0.1, 0.15) is 17.4 Å². The van der Waals surface area contributed by atoms with Gasteiger partial charge in [-0.2, -0.15) is 0 Å². The second-order valence-corrected chi connectivity index (χ2v) is 3.78. The van der Waals surface area contributed by atoms with E-state index in [0.717, 1.165) is 0 Å². The lowest BCUT2D eigenvalue weighted by atomic mass is 10.1. The van der Waals surface area contributed by atoms with E-state index < -0.39 is 16.9 Å². The lowest BCUT2D eigenvalue weighted by Gasteiger charge is -2.07. The quantitative estimate of drug-likeness (QED) is 0.669. The maximum Gasteiger partial charge on any atom is 0.433 e. The van der Waals surface area contributed by atoms with Crippen LogP contribution in [0.2, 0.25) is 0 Å². The van der Waals surface area contributed by atoms with Crippen molar-refractivity contribution >= 4 is 5.88 Å². The van der Waals surface area contributed by atoms with Gasteiger partial charge in [0.1, 0.15) is 22.6 Å². The average Bonchev–Trinajstić information content (AvgIpc) is 2.81. The molecule has 0 spiro atoms. The van der Waals surface area contributed by atoms with Crippen molar-refractivity contribution in [2.75, 3.05) is 0 Å². The first-order valence-electron chi connectivity index (χ1n) is 5.23. The largest absolute Gasteiger partial charge is 0.433 e. The number of rotatable bonds is 4. The molecule has 1 N–H and O–H groups in total. The number of benzene rings is 1. The molecule has 0 aliphatic carbocycles. The fourth-order valence-corrected chi connectivity index (χ4v) is 1.56. The van der Waals surface area contributed by atoms with E-state index in [4.69, 9.17) is 4.42 Å². The zero-order valence-electron chi connectivity index (χ0n) is 9.25. The second kappa shape index (κ2) is 4.97. The predicted molar refractivity (Wildman–Crippen MR) is 60.4 cm³/mol. The van der Waals surface area contributed by atoms with Crippen LogP contribution >= 0.6 is 0 Å². The molecular weight excluding hydrogens is 241 g/mol. The van der Waals surface area contributed by atoms with Gasteiger partial charge >= 0.3 is 5.88 Å². The number of hydrogen-bond donors (Lipinski definition) is 1. The van der Waals surface area contributed by atoms with Crippen molar-refractivity contribution in [1.29, 1.82) is 0 Å². The molecule has 94 valence electrons. The fourth-order valence-electron chi connectivity index (χ4n) is 1.56. The number of halogens is 1. The molecule has 1 aromatic heterocycles. The highest BCUT2D eigenvalue weighted by molar-refractivity contribution is 5.22. The van der Waals surface area contributed by atoms with Crippen molar-refractivity contribution in [2.24, 2.45) is 0 Å². The Morgan fingerprint density at radius 2 is 1.94 bits per heavy atom. The minimum Gasteiger partial charge on any atom is -0.403 e. The smallest absolute Gasteiger partial charge is 0.403 e. The highest BCUT2D eigenvalue weighted by Crippen LogP contribution is 2.24. The Balaban J connectivity index is 2.09. The maximum atomic E-state index is 12.7. The molecule has 0 aliphatic rings. The van der Waals surface area contributed by atoms with Crippen LogP contribution in [0.25, 0.3) is 0 Å². The van der Waals surface area contributed by atoms with Crippen LogP contribution in [0, 0.1) is 15.9 Å². The molecule has 0 amide bonds. The van der Waals surface area contributed by atoms with Gasteiger partial charge in [-0.15, -0.1) is 0 Å². The molecule has 5 nitrogen and oxygen atoms in total. The molecule has 1 aromatic carbocycles. The number of nitrogens with zero attached hydrogens (tertiary/aromatic N) is 1. The summed E-state index contributed by atoms with van der Waals surface area (Å²) in [6, 6.07) is 8.18. The number of hydrogen-bond acceptors (Lipinski definition) is 4. The molecule has 0 fully saturated rings. The molecule has 1 heterocycles. The Morgan fingerprint density at radius 3 is 2.50 bits per heavy atom.